The summed E-state index contributed by atoms with van der Waals surface area (Å²) in [6.07, 6.45) is 2.26. The van der Waals surface area contributed by atoms with E-state index in [1.165, 1.54) is 6.07 Å². The Hall–Kier alpha value is -2.87. The average molecular weight is 416 g/mol. The van der Waals surface area contributed by atoms with Gasteiger partial charge in [0, 0.05) is 12.1 Å². The third-order valence-corrected chi connectivity index (χ3v) is 6.10. The fourth-order valence-corrected chi connectivity index (χ4v) is 4.33. The zero-order valence-corrected chi connectivity index (χ0v) is 17.3. The van der Waals surface area contributed by atoms with Gasteiger partial charge in [0.05, 0.1) is 12.0 Å². The van der Waals surface area contributed by atoms with Gasteiger partial charge in [-0.15, -0.1) is 0 Å². The van der Waals surface area contributed by atoms with Crippen LogP contribution in [0.5, 0.6) is 5.75 Å². The Labute approximate surface area is 171 Å². The highest BCUT2D eigenvalue weighted by atomic mass is 32.2. The van der Waals surface area contributed by atoms with E-state index in [0.29, 0.717) is 18.5 Å². The van der Waals surface area contributed by atoms with E-state index in [2.05, 4.69) is 15.0 Å². The molecule has 29 heavy (non-hydrogen) atoms. The Kier molecular flexibility index (Phi) is 6.53. The van der Waals surface area contributed by atoms with Gasteiger partial charge in [-0.25, -0.2) is 8.42 Å². The van der Waals surface area contributed by atoms with Crippen molar-refractivity contribution in [3.63, 3.8) is 0 Å². The Balaban J connectivity index is 1.77. The van der Waals surface area contributed by atoms with Gasteiger partial charge in [0.25, 0.3) is 10.0 Å². The molecule has 1 amide bonds. The number of nitrogens with zero attached hydrogens (tertiary/aromatic N) is 1. The second-order valence-corrected chi connectivity index (χ2v) is 8.45. The maximum atomic E-state index is 12.8. The van der Waals surface area contributed by atoms with Crippen molar-refractivity contribution < 1.29 is 17.9 Å². The molecule has 3 rings (SSSR count). The summed E-state index contributed by atoms with van der Waals surface area (Å²) < 4.78 is 32.2. The molecule has 2 aromatic rings. The molecule has 0 saturated heterocycles. The average Bonchev–Trinajstić information content (AvgIpc) is 3.00. The van der Waals surface area contributed by atoms with E-state index in [1.54, 1.807) is 25.3 Å². The fraction of sp³-hybridized carbons (Fsp3) is 0.333. The van der Waals surface area contributed by atoms with Gasteiger partial charge in [0.2, 0.25) is 5.91 Å². The van der Waals surface area contributed by atoms with Gasteiger partial charge < -0.3 is 10.1 Å². The summed E-state index contributed by atoms with van der Waals surface area (Å²) >= 11 is 0. The summed E-state index contributed by atoms with van der Waals surface area (Å²) in [5.41, 5.74) is 1.44. The number of amides is 1. The number of unbranched alkanes of at least 4 members (excludes halogenated alkanes) is 1. The Morgan fingerprint density at radius 1 is 1.17 bits per heavy atom. The molecular weight excluding hydrogens is 390 g/mol. The van der Waals surface area contributed by atoms with Crippen molar-refractivity contribution in [2.45, 2.75) is 43.7 Å². The largest absolute Gasteiger partial charge is 0.497 e. The number of fused-ring (bicyclic) bond motifs is 1. The van der Waals surface area contributed by atoms with Gasteiger partial charge in [0.1, 0.15) is 17.6 Å². The number of nitrogens with one attached hydrogen (secondary N) is 2. The van der Waals surface area contributed by atoms with Crippen molar-refractivity contribution in [3.05, 3.63) is 59.7 Å². The number of ether oxygens (including phenoxy) is 1. The van der Waals surface area contributed by atoms with Gasteiger partial charge in [0.15, 0.2) is 0 Å². The summed E-state index contributed by atoms with van der Waals surface area (Å²) in [4.78, 5) is 17.5. The summed E-state index contributed by atoms with van der Waals surface area (Å²) in [6.45, 7) is 2.39. The zero-order valence-electron chi connectivity index (χ0n) is 16.5. The standard InChI is InChI=1S/C21H25N3O4S/c1-3-4-8-18(21(25)22-14-15-10-12-16(28-2)13-11-15)23-20-17-7-5-6-9-19(17)29(26,27)24-20/h5-7,9-13,18H,3-4,8,14H2,1-2H3,(H,22,25)(H,23,24). The minimum absolute atomic E-state index is 0.187. The molecule has 0 fully saturated rings. The molecule has 0 radical (unpaired) electrons. The first-order chi connectivity index (χ1) is 13.9. The van der Waals surface area contributed by atoms with Crippen LogP contribution >= 0.6 is 0 Å². The molecule has 1 aliphatic heterocycles. The van der Waals surface area contributed by atoms with Gasteiger partial charge in [-0.05, 0) is 36.2 Å². The second-order valence-electron chi connectivity index (χ2n) is 6.80. The molecule has 0 aromatic heterocycles. The summed E-state index contributed by atoms with van der Waals surface area (Å²) in [6, 6.07) is 13.4. The molecule has 0 saturated carbocycles. The molecule has 1 atom stereocenters. The van der Waals surface area contributed by atoms with E-state index in [1.807, 2.05) is 31.2 Å². The third kappa shape index (κ3) is 4.95. The number of benzene rings is 2. The first-order valence-corrected chi connectivity index (χ1v) is 11.0. The zero-order chi connectivity index (χ0) is 20.9. The van der Waals surface area contributed by atoms with Gasteiger partial charge in [-0.3, -0.25) is 14.5 Å². The van der Waals surface area contributed by atoms with Crippen molar-refractivity contribution in [2.75, 3.05) is 7.11 Å². The lowest BCUT2D eigenvalue weighted by atomic mass is 10.1. The Morgan fingerprint density at radius 2 is 1.90 bits per heavy atom. The summed E-state index contributed by atoms with van der Waals surface area (Å²) in [7, 11) is -2.03. The molecule has 8 heteroatoms. The molecule has 0 bridgehead atoms. The molecule has 1 aliphatic rings. The molecule has 2 N–H and O–H groups in total. The van der Waals surface area contributed by atoms with Crippen LogP contribution in [0.4, 0.5) is 0 Å². The Bertz CT molecular complexity index is 1000. The number of methoxy groups -OCH3 is 1. The van der Waals surface area contributed by atoms with Crippen LogP contribution in [0.15, 0.2) is 58.4 Å². The van der Waals surface area contributed by atoms with Crippen LogP contribution in [0.2, 0.25) is 0 Å². The molecule has 7 nitrogen and oxygen atoms in total. The fourth-order valence-electron chi connectivity index (χ4n) is 3.09. The Morgan fingerprint density at radius 3 is 2.59 bits per heavy atom. The quantitative estimate of drug-likeness (QED) is 0.693. The summed E-state index contributed by atoms with van der Waals surface area (Å²) in [5, 5.41) is 2.90. The molecule has 154 valence electrons. The predicted octanol–water partition coefficient (Wildman–Crippen LogP) is 2.61. The lowest BCUT2D eigenvalue weighted by molar-refractivity contribution is -0.122. The monoisotopic (exact) mass is 415 g/mol. The van der Waals surface area contributed by atoms with E-state index in [9.17, 15) is 13.2 Å². The number of sulfonamides is 1. The van der Waals surface area contributed by atoms with Gasteiger partial charge in [-0.2, -0.15) is 0 Å². The van der Waals surface area contributed by atoms with Crippen LogP contribution in [-0.4, -0.2) is 33.3 Å². The first kappa shape index (κ1) is 20.9. The number of rotatable bonds is 8. The van der Waals surface area contributed by atoms with Gasteiger partial charge in [-0.1, -0.05) is 44.0 Å². The van der Waals surface area contributed by atoms with Crippen molar-refractivity contribution in [3.8, 4) is 5.75 Å². The van der Waals surface area contributed by atoms with Crippen molar-refractivity contribution >= 4 is 21.8 Å². The van der Waals surface area contributed by atoms with Crippen molar-refractivity contribution in [1.29, 1.82) is 0 Å². The van der Waals surface area contributed by atoms with E-state index in [4.69, 9.17) is 4.74 Å². The van der Waals surface area contributed by atoms with E-state index >= 15 is 0 Å². The summed E-state index contributed by atoms with van der Waals surface area (Å²) in [5.74, 6) is 0.742. The predicted molar refractivity (Wildman–Crippen MR) is 111 cm³/mol. The lowest BCUT2D eigenvalue weighted by Crippen LogP contribution is -2.35. The molecule has 1 unspecified atom stereocenters. The third-order valence-electron chi connectivity index (χ3n) is 4.71. The minimum atomic E-state index is -3.63. The van der Waals surface area contributed by atoms with Gasteiger partial charge >= 0.3 is 0 Å². The minimum Gasteiger partial charge on any atom is -0.497 e. The van der Waals surface area contributed by atoms with E-state index in [-0.39, 0.29) is 16.6 Å². The lowest BCUT2D eigenvalue weighted by Gasteiger charge is -2.14. The smallest absolute Gasteiger partial charge is 0.263 e. The first-order valence-electron chi connectivity index (χ1n) is 9.55. The van der Waals surface area contributed by atoms with Crippen molar-refractivity contribution in [1.82, 2.24) is 10.0 Å². The number of hydrogen-bond donors (Lipinski definition) is 2. The second kappa shape index (κ2) is 9.09. The van der Waals surface area contributed by atoms with Crippen LogP contribution in [-0.2, 0) is 21.4 Å². The number of aliphatic imine (C=N–C) groups is 1. The maximum absolute atomic E-state index is 12.8. The van der Waals surface area contributed by atoms with Crippen LogP contribution in [0, 0.1) is 0 Å². The molecular formula is C21H25N3O4S. The molecule has 1 heterocycles. The topological polar surface area (TPSA) is 96.9 Å². The molecule has 0 aliphatic carbocycles. The van der Waals surface area contributed by atoms with E-state index in [0.717, 1.165) is 24.2 Å². The van der Waals surface area contributed by atoms with Crippen LogP contribution < -0.4 is 14.8 Å². The number of carbonyl (C=O) groups is 1. The number of hydrogen-bond acceptors (Lipinski definition) is 5. The highest BCUT2D eigenvalue weighted by Gasteiger charge is 2.31. The molecule has 2 aromatic carbocycles. The SMILES string of the molecule is CCCCC(N=C1NS(=O)(=O)c2ccccc21)C(=O)NCc1ccc(OC)cc1. The number of carbonyl (C=O) groups excluding carboxylic acids is 1. The van der Waals surface area contributed by atoms with Crippen molar-refractivity contribution in [2.24, 2.45) is 4.99 Å². The van der Waals surface area contributed by atoms with Crippen LogP contribution in [0.1, 0.15) is 37.3 Å². The van der Waals surface area contributed by atoms with E-state index < -0.39 is 16.1 Å². The normalized spacial score (nSPS) is 16.7. The maximum Gasteiger partial charge on any atom is 0.263 e. The highest BCUT2D eigenvalue weighted by molar-refractivity contribution is 7.90. The highest BCUT2D eigenvalue weighted by Crippen LogP contribution is 2.23. The van der Waals surface area contributed by atoms with Crippen LogP contribution in [0.3, 0.4) is 0 Å². The molecule has 0 spiro atoms. The number of amidine groups is 1. The van der Waals surface area contributed by atoms with Crippen LogP contribution in [0.25, 0.3) is 0 Å².